The zero-order chi connectivity index (χ0) is 18.2. The van der Waals surface area contributed by atoms with Crippen LogP contribution in [0.4, 0.5) is 0 Å². The molecule has 1 rings (SSSR count). The lowest BCUT2D eigenvalue weighted by molar-refractivity contribution is 0.449. The van der Waals surface area contributed by atoms with Crippen molar-refractivity contribution >= 4 is 0 Å². The molecule has 0 amide bonds. The van der Waals surface area contributed by atoms with Crippen LogP contribution >= 0.6 is 0 Å². The van der Waals surface area contributed by atoms with Gasteiger partial charge in [0, 0.05) is 6.07 Å². The van der Waals surface area contributed by atoms with Gasteiger partial charge in [0.05, 0.1) is 0 Å². The Morgan fingerprint density at radius 2 is 1.24 bits per heavy atom. The van der Waals surface area contributed by atoms with Crippen LogP contribution in [-0.2, 0) is 6.42 Å². The Balaban J connectivity index is 1.94. The smallest absolute Gasteiger partial charge is 0.119 e. The maximum Gasteiger partial charge on any atom is 0.119 e. The minimum Gasteiger partial charge on any atom is -0.508 e. The fraction of sp³-hybridized carbons (Fsp3) is 0.478. The van der Waals surface area contributed by atoms with Crippen LogP contribution in [-0.4, -0.2) is 10.2 Å². The van der Waals surface area contributed by atoms with Gasteiger partial charge in [-0.3, -0.25) is 0 Å². The maximum absolute atomic E-state index is 9.45. The predicted octanol–water partition coefficient (Wildman–Crippen LogP) is 6.84. The molecule has 2 nitrogen and oxygen atoms in total. The SMILES string of the molecule is CC/C=C/C/C=C\C/C=C\CCCCCCCc1cc(O)cc(O)c1. The Morgan fingerprint density at radius 1 is 0.680 bits per heavy atom. The number of phenolic OH excluding ortho intramolecular Hbond substituents is 2. The first-order chi connectivity index (χ1) is 12.2. The van der Waals surface area contributed by atoms with Gasteiger partial charge in [0.15, 0.2) is 0 Å². The van der Waals surface area contributed by atoms with Crippen molar-refractivity contribution in [2.75, 3.05) is 0 Å². The van der Waals surface area contributed by atoms with Crippen molar-refractivity contribution in [2.45, 2.75) is 71.1 Å². The summed E-state index contributed by atoms with van der Waals surface area (Å²) in [5.41, 5.74) is 1.01. The molecule has 0 radical (unpaired) electrons. The Morgan fingerprint density at radius 3 is 1.92 bits per heavy atom. The van der Waals surface area contributed by atoms with Gasteiger partial charge in [-0.1, -0.05) is 62.6 Å². The number of phenols is 2. The number of rotatable bonds is 13. The molecule has 2 N–H and O–H groups in total. The van der Waals surface area contributed by atoms with Gasteiger partial charge in [-0.05, 0) is 62.6 Å². The number of hydrogen-bond donors (Lipinski definition) is 2. The molecule has 0 fully saturated rings. The topological polar surface area (TPSA) is 40.5 Å². The summed E-state index contributed by atoms with van der Waals surface area (Å²) in [6.45, 7) is 2.16. The minimum absolute atomic E-state index is 0.147. The molecule has 0 heterocycles. The van der Waals surface area contributed by atoms with Crippen molar-refractivity contribution in [3.05, 3.63) is 60.2 Å². The number of aryl methyl sites for hydroxylation is 1. The molecule has 1 aromatic carbocycles. The predicted molar refractivity (Wildman–Crippen MR) is 108 cm³/mol. The van der Waals surface area contributed by atoms with Crippen molar-refractivity contribution in [3.63, 3.8) is 0 Å². The molecule has 0 saturated carbocycles. The lowest BCUT2D eigenvalue weighted by Crippen LogP contribution is -1.86. The van der Waals surface area contributed by atoms with E-state index in [9.17, 15) is 10.2 Å². The van der Waals surface area contributed by atoms with Crippen molar-refractivity contribution in [2.24, 2.45) is 0 Å². The first-order valence-electron chi connectivity index (χ1n) is 9.69. The molecule has 0 saturated heterocycles. The van der Waals surface area contributed by atoms with E-state index >= 15 is 0 Å². The van der Waals surface area contributed by atoms with Gasteiger partial charge < -0.3 is 10.2 Å². The van der Waals surface area contributed by atoms with Crippen LogP contribution in [0, 0.1) is 0 Å². The number of aromatic hydroxyl groups is 2. The molecule has 0 aromatic heterocycles. The van der Waals surface area contributed by atoms with Gasteiger partial charge >= 0.3 is 0 Å². The molecular weight excluding hydrogens is 308 g/mol. The van der Waals surface area contributed by atoms with E-state index in [2.05, 4.69) is 43.4 Å². The summed E-state index contributed by atoms with van der Waals surface area (Å²) in [4.78, 5) is 0. The van der Waals surface area contributed by atoms with E-state index in [-0.39, 0.29) is 11.5 Å². The second-order valence-electron chi connectivity index (χ2n) is 6.46. The van der Waals surface area contributed by atoms with Crippen LogP contribution in [0.1, 0.15) is 70.3 Å². The first kappa shape index (κ1) is 21.1. The van der Waals surface area contributed by atoms with Crippen LogP contribution in [0.2, 0.25) is 0 Å². The Labute approximate surface area is 153 Å². The molecule has 2 heteroatoms. The Kier molecular flexibility index (Phi) is 12.1. The first-order valence-corrected chi connectivity index (χ1v) is 9.69. The maximum atomic E-state index is 9.45. The van der Waals surface area contributed by atoms with E-state index in [0.717, 1.165) is 37.7 Å². The molecule has 1 aromatic rings. The monoisotopic (exact) mass is 342 g/mol. The zero-order valence-electron chi connectivity index (χ0n) is 15.7. The second-order valence-corrected chi connectivity index (χ2v) is 6.46. The van der Waals surface area contributed by atoms with Gasteiger partial charge in [-0.25, -0.2) is 0 Å². The van der Waals surface area contributed by atoms with Gasteiger partial charge in [0.25, 0.3) is 0 Å². The van der Waals surface area contributed by atoms with E-state index < -0.39 is 0 Å². The molecule has 0 aliphatic heterocycles. The molecule has 0 unspecified atom stereocenters. The highest BCUT2D eigenvalue weighted by molar-refractivity contribution is 5.36. The van der Waals surface area contributed by atoms with Gasteiger partial charge in [-0.15, -0.1) is 0 Å². The van der Waals surface area contributed by atoms with Crippen molar-refractivity contribution in [3.8, 4) is 11.5 Å². The molecule has 0 spiro atoms. The van der Waals surface area contributed by atoms with Crippen LogP contribution in [0.15, 0.2) is 54.7 Å². The van der Waals surface area contributed by atoms with E-state index in [1.165, 1.54) is 38.2 Å². The summed E-state index contributed by atoms with van der Waals surface area (Å²) in [5, 5.41) is 18.9. The van der Waals surface area contributed by atoms with Crippen LogP contribution in [0.5, 0.6) is 11.5 Å². The minimum atomic E-state index is 0.147. The molecule has 138 valence electrons. The van der Waals surface area contributed by atoms with E-state index in [1.54, 1.807) is 12.1 Å². The Bertz CT molecular complexity index is 521. The summed E-state index contributed by atoms with van der Waals surface area (Å²) in [6.07, 6.45) is 24.8. The molecule has 25 heavy (non-hydrogen) atoms. The number of benzene rings is 1. The highest BCUT2D eigenvalue weighted by atomic mass is 16.3. The van der Waals surface area contributed by atoms with Gasteiger partial charge in [0.1, 0.15) is 11.5 Å². The highest BCUT2D eigenvalue weighted by Crippen LogP contribution is 2.22. The van der Waals surface area contributed by atoms with Crippen molar-refractivity contribution in [1.29, 1.82) is 0 Å². The third kappa shape index (κ3) is 12.1. The second kappa shape index (κ2) is 14.4. The van der Waals surface area contributed by atoms with E-state index in [4.69, 9.17) is 0 Å². The lowest BCUT2D eigenvalue weighted by atomic mass is 10.0. The fourth-order valence-corrected chi connectivity index (χ4v) is 2.75. The summed E-state index contributed by atoms with van der Waals surface area (Å²) < 4.78 is 0. The average Bonchev–Trinajstić information content (AvgIpc) is 2.57. The zero-order valence-corrected chi connectivity index (χ0v) is 15.7. The largest absolute Gasteiger partial charge is 0.508 e. The fourth-order valence-electron chi connectivity index (χ4n) is 2.75. The lowest BCUT2D eigenvalue weighted by Gasteiger charge is -2.04. The van der Waals surface area contributed by atoms with Crippen molar-refractivity contribution < 1.29 is 10.2 Å². The van der Waals surface area contributed by atoms with E-state index in [1.807, 2.05) is 0 Å². The normalized spacial score (nSPS) is 12.0. The third-order valence-corrected chi connectivity index (χ3v) is 4.08. The van der Waals surface area contributed by atoms with E-state index in [0.29, 0.717) is 0 Å². The van der Waals surface area contributed by atoms with Crippen LogP contribution in [0.3, 0.4) is 0 Å². The summed E-state index contributed by atoms with van der Waals surface area (Å²) in [7, 11) is 0. The highest BCUT2D eigenvalue weighted by Gasteiger charge is 1.99. The van der Waals surface area contributed by atoms with Gasteiger partial charge in [-0.2, -0.15) is 0 Å². The summed E-state index contributed by atoms with van der Waals surface area (Å²) in [5.74, 6) is 0.295. The number of allylic oxidation sites excluding steroid dienone is 6. The summed E-state index contributed by atoms with van der Waals surface area (Å²) >= 11 is 0. The third-order valence-electron chi connectivity index (χ3n) is 4.08. The Hall–Kier alpha value is -1.96. The standard InChI is InChI=1S/C23H34O2/c1-2-3-4-5-6-7-8-9-10-11-12-13-14-15-16-17-21-18-22(24)20-23(25)19-21/h3-4,6-7,9-10,18-20,24-25H,2,5,8,11-17H2,1H3/b4-3+,7-6-,10-9-. The quantitative estimate of drug-likeness (QED) is 0.304. The van der Waals surface area contributed by atoms with Gasteiger partial charge in [0.2, 0.25) is 0 Å². The van der Waals surface area contributed by atoms with Crippen LogP contribution in [0.25, 0.3) is 0 Å². The molecular formula is C23H34O2. The molecule has 0 atom stereocenters. The number of hydrogen-bond acceptors (Lipinski definition) is 2. The molecule has 0 bridgehead atoms. The number of unbranched alkanes of at least 4 members (excludes halogenated alkanes) is 5. The molecule has 0 aliphatic rings. The molecule has 0 aliphatic carbocycles. The van der Waals surface area contributed by atoms with Crippen molar-refractivity contribution in [1.82, 2.24) is 0 Å². The average molecular weight is 343 g/mol. The van der Waals surface area contributed by atoms with Crippen LogP contribution < -0.4 is 0 Å². The summed E-state index contributed by atoms with van der Waals surface area (Å²) in [6, 6.07) is 4.84.